The zero-order valence-corrected chi connectivity index (χ0v) is 15.0. The van der Waals surface area contributed by atoms with E-state index in [1.807, 2.05) is 0 Å². The van der Waals surface area contributed by atoms with Crippen LogP contribution in [0.2, 0.25) is 5.02 Å². The van der Waals surface area contributed by atoms with E-state index in [4.69, 9.17) is 16.3 Å². The highest BCUT2D eigenvalue weighted by Crippen LogP contribution is 2.37. The molecular formula is C17H12ClN3O4S. The topological polar surface area (TPSA) is 93.8 Å². The Labute approximate surface area is 157 Å². The minimum atomic E-state index is -0.494. The van der Waals surface area contributed by atoms with Gasteiger partial charge in [-0.15, -0.1) is 11.3 Å². The number of ether oxygens (including phenoxy) is 1. The lowest BCUT2D eigenvalue weighted by atomic mass is 10.2. The summed E-state index contributed by atoms with van der Waals surface area (Å²) in [6.45, 7) is 0. The summed E-state index contributed by atoms with van der Waals surface area (Å²) in [5.74, 6) is 0.237. The normalized spacial score (nSPS) is 11.0. The van der Waals surface area contributed by atoms with Crippen LogP contribution in [0.1, 0.15) is 15.2 Å². The zero-order chi connectivity index (χ0) is 18.7. The van der Waals surface area contributed by atoms with E-state index in [2.05, 4.69) is 10.5 Å². The number of methoxy groups -OCH3 is 1. The van der Waals surface area contributed by atoms with Gasteiger partial charge in [-0.25, -0.2) is 5.43 Å². The average molecular weight is 390 g/mol. The third kappa shape index (κ3) is 3.66. The molecule has 2 aromatic carbocycles. The molecule has 0 saturated carbocycles. The fraction of sp³-hybridized carbons (Fsp3) is 0.0588. The molecule has 0 spiro atoms. The van der Waals surface area contributed by atoms with Crippen LogP contribution in [0.25, 0.3) is 10.1 Å². The maximum absolute atomic E-state index is 12.3. The fourth-order valence-corrected chi connectivity index (χ4v) is 3.66. The standard InChI is InChI=1S/C17H12ClN3O4S/c1-25-12-5-2-10(3-6-12)9-19-20-17(22)16-15(18)13-7-4-11(21(23)24)8-14(13)26-16/h2-9H,1H3,(H,20,22)/b19-9-. The number of nitro groups is 1. The van der Waals surface area contributed by atoms with Gasteiger partial charge in [0.25, 0.3) is 11.6 Å². The minimum absolute atomic E-state index is 0.0556. The highest BCUT2D eigenvalue weighted by atomic mass is 35.5. The Morgan fingerprint density at radius 3 is 2.69 bits per heavy atom. The molecule has 0 aliphatic heterocycles. The molecule has 7 nitrogen and oxygen atoms in total. The number of hydrazone groups is 1. The number of halogens is 1. The molecule has 1 heterocycles. The second-order valence-electron chi connectivity index (χ2n) is 5.16. The number of non-ortho nitro benzene ring substituents is 1. The van der Waals surface area contributed by atoms with Gasteiger partial charge in [0.2, 0.25) is 0 Å². The van der Waals surface area contributed by atoms with Crippen molar-refractivity contribution in [3.8, 4) is 5.75 Å². The first-order valence-electron chi connectivity index (χ1n) is 7.33. The first kappa shape index (κ1) is 17.8. The number of fused-ring (bicyclic) bond motifs is 1. The van der Waals surface area contributed by atoms with Crippen LogP contribution in [0.3, 0.4) is 0 Å². The van der Waals surface area contributed by atoms with Crippen LogP contribution in [0.15, 0.2) is 47.6 Å². The van der Waals surface area contributed by atoms with Crippen LogP contribution in [-0.2, 0) is 0 Å². The third-order valence-corrected chi connectivity index (χ3v) is 5.18. The number of thiophene rings is 1. The number of benzene rings is 2. The maximum Gasteiger partial charge on any atom is 0.283 e. The molecule has 3 rings (SSSR count). The van der Waals surface area contributed by atoms with Crippen molar-refractivity contribution in [3.05, 3.63) is 68.0 Å². The van der Waals surface area contributed by atoms with E-state index in [1.54, 1.807) is 31.4 Å². The Hall–Kier alpha value is -2.97. The van der Waals surface area contributed by atoms with E-state index in [0.717, 1.165) is 22.6 Å². The summed E-state index contributed by atoms with van der Waals surface area (Å²) in [6.07, 6.45) is 1.49. The van der Waals surface area contributed by atoms with Gasteiger partial charge in [-0.2, -0.15) is 5.10 Å². The van der Waals surface area contributed by atoms with Crippen molar-refractivity contribution >= 4 is 50.8 Å². The lowest BCUT2D eigenvalue weighted by molar-refractivity contribution is -0.384. The molecule has 0 atom stereocenters. The first-order chi connectivity index (χ1) is 12.5. The Bertz CT molecular complexity index is 1010. The highest BCUT2D eigenvalue weighted by molar-refractivity contribution is 7.21. The quantitative estimate of drug-likeness (QED) is 0.401. The maximum atomic E-state index is 12.3. The largest absolute Gasteiger partial charge is 0.497 e. The predicted octanol–water partition coefficient (Wildman–Crippen LogP) is 4.24. The SMILES string of the molecule is COc1ccc(/C=N\NC(=O)c2sc3cc([N+](=O)[O-])ccc3c2Cl)cc1. The van der Waals surface area contributed by atoms with Crippen LogP contribution in [-0.4, -0.2) is 24.2 Å². The molecule has 1 amide bonds. The second kappa shape index (κ2) is 7.51. The molecule has 1 aromatic heterocycles. The Morgan fingerprint density at radius 2 is 2.04 bits per heavy atom. The molecule has 0 fully saturated rings. The molecule has 26 heavy (non-hydrogen) atoms. The summed E-state index contributed by atoms with van der Waals surface area (Å²) >= 11 is 7.30. The van der Waals surface area contributed by atoms with E-state index in [9.17, 15) is 14.9 Å². The van der Waals surface area contributed by atoms with Gasteiger partial charge >= 0.3 is 0 Å². The molecule has 3 aromatic rings. The molecular weight excluding hydrogens is 378 g/mol. The Balaban J connectivity index is 1.77. The summed E-state index contributed by atoms with van der Waals surface area (Å²) in [5, 5.41) is 15.6. The summed E-state index contributed by atoms with van der Waals surface area (Å²) in [7, 11) is 1.58. The summed E-state index contributed by atoms with van der Waals surface area (Å²) in [5.41, 5.74) is 3.13. The predicted molar refractivity (Wildman–Crippen MR) is 102 cm³/mol. The summed E-state index contributed by atoms with van der Waals surface area (Å²) in [4.78, 5) is 22.9. The van der Waals surface area contributed by atoms with Gasteiger partial charge in [0.15, 0.2) is 0 Å². The molecule has 0 aliphatic carbocycles. The second-order valence-corrected chi connectivity index (χ2v) is 6.59. The molecule has 0 saturated heterocycles. The van der Waals surface area contributed by atoms with Gasteiger partial charge in [0.1, 0.15) is 10.6 Å². The lowest BCUT2D eigenvalue weighted by Gasteiger charge is -1.99. The number of nitrogens with one attached hydrogen (secondary N) is 1. The average Bonchev–Trinajstić information content (AvgIpc) is 2.98. The molecule has 0 radical (unpaired) electrons. The molecule has 0 bridgehead atoms. The van der Waals surface area contributed by atoms with Gasteiger partial charge in [-0.1, -0.05) is 11.6 Å². The van der Waals surface area contributed by atoms with Gasteiger partial charge in [-0.3, -0.25) is 14.9 Å². The van der Waals surface area contributed by atoms with Crippen molar-refractivity contribution in [1.82, 2.24) is 5.43 Å². The van der Waals surface area contributed by atoms with Gasteiger partial charge < -0.3 is 4.74 Å². The van der Waals surface area contributed by atoms with E-state index in [-0.39, 0.29) is 15.6 Å². The van der Waals surface area contributed by atoms with E-state index < -0.39 is 10.8 Å². The van der Waals surface area contributed by atoms with Crippen molar-refractivity contribution in [2.45, 2.75) is 0 Å². The zero-order valence-electron chi connectivity index (χ0n) is 13.4. The van der Waals surface area contributed by atoms with Crippen LogP contribution >= 0.6 is 22.9 Å². The van der Waals surface area contributed by atoms with Gasteiger partial charge in [0, 0.05) is 22.2 Å². The minimum Gasteiger partial charge on any atom is -0.497 e. The van der Waals surface area contributed by atoms with Crippen molar-refractivity contribution in [2.75, 3.05) is 7.11 Å². The van der Waals surface area contributed by atoms with E-state index >= 15 is 0 Å². The number of hydrogen-bond donors (Lipinski definition) is 1. The van der Waals surface area contributed by atoms with E-state index in [0.29, 0.717) is 10.1 Å². The number of rotatable bonds is 5. The number of hydrogen-bond acceptors (Lipinski definition) is 6. The summed E-state index contributed by atoms with van der Waals surface area (Å²) in [6, 6.07) is 11.4. The van der Waals surface area contributed by atoms with Crippen LogP contribution in [0.4, 0.5) is 5.69 Å². The van der Waals surface area contributed by atoms with Crippen molar-refractivity contribution in [3.63, 3.8) is 0 Å². The van der Waals surface area contributed by atoms with Gasteiger partial charge in [-0.05, 0) is 35.9 Å². The Morgan fingerprint density at radius 1 is 1.31 bits per heavy atom. The van der Waals surface area contributed by atoms with Crippen LogP contribution in [0.5, 0.6) is 5.75 Å². The fourth-order valence-electron chi connectivity index (χ4n) is 2.22. The number of nitro benzene ring substituents is 1. The molecule has 132 valence electrons. The van der Waals surface area contributed by atoms with Crippen LogP contribution in [0, 0.1) is 10.1 Å². The smallest absolute Gasteiger partial charge is 0.283 e. The first-order valence-corrected chi connectivity index (χ1v) is 8.53. The highest BCUT2D eigenvalue weighted by Gasteiger charge is 2.18. The van der Waals surface area contributed by atoms with Crippen molar-refractivity contribution in [1.29, 1.82) is 0 Å². The van der Waals surface area contributed by atoms with Gasteiger partial charge in [0.05, 0.1) is 23.3 Å². The number of nitrogens with zero attached hydrogens (tertiary/aromatic N) is 2. The molecule has 1 N–H and O–H groups in total. The molecule has 0 aliphatic rings. The Kier molecular flexibility index (Phi) is 5.15. The van der Waals surface area contributed by atoms with Crippen molar-refractivity contribution < 1.29 is 14.5 Å². The monoisotopic (exact) mass is 389 g/mol. The molecule has 0 unspecified atom stereocenters. The third-order valence-electron chi connectivity index (χ3n) is 3.53. The molecule has 9 heteroatoms. The van der Waals surface area contributed by atoms with Crippen molar-refractivity contribution in [2.24, 2.45) is 5.10 Å². The number of carbonyl (C=O) groups is 1. The van der Waals surface area contributed by atoms with E-state index in [1.165, 1.54) is 24.4 Å². The van der Waals surface area contributed by atoms with Crippen LogP contribution < -0.4 is 10.2 Å². The lowest BCUT2D eigenvalue weighted by Crippen LogP contribution is -2.16. The number of carbonyl (C=O) groups excluding carboxylic acids is 1. The number of amides is 1. The summed E-state index contributed by atoms with van der Waals surface area (Å²) < 4.78 is 5.63.